The molecule has 0 bridgehead atoms. The number of carbonyl (C=O) groups is 1. The molecule has 0 radical (unpaired) electrons. The van der Waals surface area contributed by atoms with Gasteiger partial charge in [-0.25, -0.2) is 0 Å². The van der Waals surface area contributed by atoms with Crippen LogP contribution < -0.4 is 10.1 Å². The first kappa shape index (κ1) is 9.48. The van der Waals surface area contributed by atoms with E-state index in [1.165, 1.54) is 11.3 Å². The summed E-state index contributed by atoms with van der Waals surface area (Å²) >= 11 is 1.35. The van der Waals surface area contributed by atoms with Crippen molar-refractivity contribution in [2.24, 2.45) is 0 Å². The van der Waals surface area contributed by atoms with E-state index < -0.39 is 0 Å². The van der Waals surface area contributed by atoms with E-state index in [9.17, 15) is 4.79 Å². The van der Waals surface area contributed by atoms with Crippen molar-refractivity contribution in [3.05, 3.63) is 17.0 Å². The maximum absolute atomic E-state index is 11.2. The molecule has 0 saturated carbocycles. The summed E-state index contributed by atoms with van der Waals surface area (Å²) in [7, 11) is 1.61. The number of ether oxygens (including phenoxy) is 2. The van der Waals surface area contributed by atoms with E-state index in [1.807, 2.05) is 0 Å². The third-order valence-electron chi connectivity index (χ3n) is 1.85. The molecule has 1 amide bonds. The predicted molar refractivity (Wildman–Crippen MR) is 52.9 cm³/mol. The maximum Gasteiger partial charge on any atom is 0.261 e. The Morgan fingerprint density at radius 2 is 2.57 bits per heavy atom. The summed E-state index contributed by atoms with van der Waals surface area (Å²) in [4.78, 5) is 11.9. The molecule has 2 heterocycles. The molecule has 1 fully saturated rings. The van der Waals surface area contributed by atoms with Gasteiger partial charge in [-0.2, -0.15) is 0 Å². The molecule has 1 unspecified atom stereocenters. The fourth-order valence-electron chi connectivity index (χ4n) is 0.982. The van der Waals surface area contributed by atoms with Gasteiger partial charge in [-0.15, -0.1) is 0 Å². The molecule has 76 valence electrons. The average molecular weight is 213 g/mol. The molecule has 0 aliphatic carbocycles. The smallest absolute Gasteiger partial charge is 0.261 e. The van der Waals surface area contributed by atoms with E-state index in [0.29, 0.717) is 11.5 Å². The van der Waals surface area contributed by atoms with Crippen LogP contribution in [0.25, 0.3) is 0 Å². The summed E-state index contributed by atoms with van der Waals surface area (Å²) in [5.74, 6) is -0.0764. The van der Waals surface area contributed by atoms with Crippen molar-refractivity contribution in [1.29, 1.82) is 0 Å². The van der Waals surface area contributed by atoms with E-state index in [2.05, 4.69) is 5.32 Å². The molecule has 1 atom stereocenters. The van der Waals surface area contributed by atoms with Gasteiger partial charge in [-0.05, 0) is 12.1 Å². The summed E-state index contributed by atoms with van der Waals surface area (Å²) < 4.78 is 10.4. The van der Waals surface area contributed by atoms with Crippen molar-refractivity contribution in [2.75, 3.05) is 20.3 Å². The highest BCUT2D eigenvalue weighted by Crippen LogP contribution is 2.25. The zero-order valence-corrected chi connectivity index (χ0v) is 8.60. The average Bonchev–Trinajstić information content (AvgIpc) is 2.92. The topological polar surface area (TPSA) is 50.9 Å². The first-order chi connectivity index (χ1) is 6.79. The van der Waals surface area contributed by atoms with Crippen LogP contribution in [0.1, 0.15) is 9.67 Å². The molecule has 1 aliphatic heterocycles. The lowest BCUT2D eigenvalue weighted by Gasteiger charge is -1.98. The normalized spacial score (nSPS) is 19.1. The summed E-state index contributed by atoms with van der Waals surface area (Å²) in [5.41, 5.74) is 0. The lowest BCUT2D eigenvalue weighted by molar-refractivity contribution is 0.0967. The number of amides is 1. The lowest BCUT2D eigenvalue weighted by Crippen LogP contribution is -2.15. The van der Waals surface area contributed by atoms with Crippen molar-refractivity contribution >= 4 is 17.2 Å². The van der Waals surface area contributed by atoms with E-state index in [1.54, 1.807) is 19.2 Å². The van der Waals surface area contributed by atoms with Crippen LogP contribution in [-0.4, -0.2) is 32.3 Å². The number of nitrogens with one attached hydrogen (secondary N) is 1. The Labute approximate surface area is 85.8 Å². The monoisotopic (exact) mass is 213 g/mol. The van der Waals surface area contributed by atoms with Gasteiger partial charge in [0.05, 0.1) is 11.5 Å². The van der Waals surface area contributed by atoms with Gasteiger partial charge in [0.25, 0.3) is 5.91 Å². The van der Waals surface area contributed by atoms with Crippen molar-refractivity contribution < 1.29 is 14.3 Å². The molecule has 1 aromatic heterocycles. The third kappa shape index (κ3) is 2.24. The van der Waals surface area contributed by atoms with Gasteiger partial charge in [0.1, 0.15) is 12.7 Å². The molecule has 1 saturated heterocycles. The predicted octanol–water partition coefficient (Wildman–Crippen LogP) is 0.885. The number of hydrogen-bond donors (Lipinski definition) is 1. The highest BCUT2D eigenvalue weighted by atomic mass is 32.1. The number of epoxide rings is 1. The van der Waals surface area contributed by atoms with Crippen LogP contribution in [0.4, 0.5) is 0 Å². The Morgan fingerprint density at radius 3 is 3.21 bits per heavy atom. The minimum Gasteiger partial charge on any atom is -0.481 e. The lowest BCUT2D eigenvalue weighted by atomic mass is 10.4. The molecule has 4 nitrogen and oxygen atoms in total. The molecule has 0 spiro atoms. The van der Waals surface area contributed by atoms with Crippen molar-refractivity contribution in [2.45, 2.75) is 6.10 Å². The van der Waals surface area contributed by atoms with Gasteiger partial charge in [-0.3, -0.25) is 4.79 Å². The molecule has 0 aromatic carbocycles. The molecule has 14 heavy (non-hydrogen) atoms. The molecule has 1 aromatic rings. The summed E-state index contributed by atoms with van der Waals surface area (Å²) in [6, 6.07) is 3.56. The molecule has 2 rings (SSSR count). The Kier molecular flexibility index (Phi) is 2.69. The van der Waals surface area contributed by atoms with Crippen molar-refractivity contribution in [1.82, 2.24) is 5.32 Å². The first-order valence-electron chi connectivity index (χ1n) is 4.36. The fourth-order valence-corrected chi connectivity index (χ4v) is 1.79. The van der Waals surface area contributed by atoms with Crippen LogP contribution >= 0.6 is 11.3 Å². The van der Waals surface area contributed by atoms with Crippen LogP contribution in [-0.2, 0) is 4.74 Å². The Balaban J connectivity index is 1.91. The van der Waals surface area contributed by atoms with Gasteiger partial charge in [0.15, 0.2) is 5.06 Å². The van der Waals surface area contributed by atoms with Crippen LogP contribution in [0.5, 0.6) is 5.06 Å². The van der Waals surface area contributed by atoms with Crippen LogP contribution in [0.3, 0.4) is 0 Å². The van der Waals surface area contributed by atoms with E-state index in [4.69, 9.17) is 9.47 Å². The zero-order chi connectivity index (χ0) is 9.97. The largest absolute Gasteiger partial charge is 0.481 e. The van der Waals surface area contributed by atoms with Gasteiger partial charge in [-0.1, -0.05) is 11.3 Å². The molecule has 1 aliphatic rings. The standard InChI is InChI=1S/C9H11NO3S/c1-10-9(11)7-2-3-8(14-7)13-5-6-4-12-6/h2-3,6H,4-5H2,1H3,(H,10,11). The second kappa shape index (κ2) is 3.98. The fraction of sp³-hybridized carbons (Fsp3) is 0.444. The zero-order valence-electron chi connectivity index (χ0n) is 7.78. The number of rotatable bonds is 4. The van der Waals surface area contributed by atoms with Gasteiger partial charge >= 0.3 is 0 Å². The number of carbonyl (C=O) groups excluding carboxylic acids is 1. The van der Waals surface area contributed by atoms with Crippen LogP contribution in [0.2, 0.25) is 0 Å². The quantitative estimate of drug-likeness (QED) is 0.755. The Bertz CT molecular complexity index is 333. The molecule has 1 N–H and O–H groups in total. The summed E-state index contributed by atoms with van der Waals surface area (Å²) in [5, 5.41) is 3.33. The van der Waals surface area contributed by atoms with Crippen LogP contribution in [0.15, 0.2) is 12.1 Å². The van der Waals surface area contributed by atoms with E-state index in [0.717, 1.165) is 11.7 Å². The Hall–Kier alpha value is -1.07. The Morgan fingerprint density at radius 1 is 1.79 bits per heavy atom. The van der Waals surface area contributed by atoms with Crippen molar-refractivity contribution in [3.8, 4) is 5.06 Å². The first-order valence-corrected chi connectivity index (χ1v) is 5.17. The molecular weight excluding hydrogens is 202 g/mol. The molecule has 5 heteroatoms. The second-order valence-electron chi connectivity index (χ2n) is 2.96. The molecular formula is C9H11NO3S. The minimum atomic E-state index is -0.0764. The minimum absolute atomic E-state index is 0.0764. The third-order valence-corrected chi connectivity index (χ3v) is 2.84. The van der Waals surface area contributed by atoms with Gasteiger partial charge in [0.2, 0.25) is 0 Å². The number of thiophene rings is 1. The second-order valence-corrected chi connectivity index (χ2v) is 4.01. The van der Waals surface area contributed by atoms with Gasteiger partial charge in [0, 0.05) is 7.05 Å². The maximum atomic E-state index is 11.2. The summed E-state index contributed by atoms with van der Waals surface area (Å²) in [6.07, 6.45) is 0.251. The van der Waals surface area contributed by atoms with Gasteiger partial charge < -0.3 is 14.8 Å². The summed E-state index contributed by atoms with van der Waals surface area (Å²) in [6.45, 7) is 1.36. The highest BCUT2D eigenvalue weighted by Gasteiger charge is 2.23. The SMILES string of the molecule is CNC(=O)c1ccc(OCC2CO2)s1. The van der Waals surface area contributed by atoms with E-state index in [-0.39, 0.29) is 12.0 Å². The van der Waals surface area contributed by atoms with Crippen LogP contribution in [0, 0.1) is 0 Å². The highest BCUT2D eigenvalue weighted by molar-refractivity contribution is 7.15. The number of hydrogen-bond acceptors (Lipinski definition) is 4. The van der Waals surface area contributed by atoms with Crippen molar-refractivity contribution in [3.63, 3.8) is 0 Å². The van der Waals surface area contributed by atoms with E-state index >= 15 is 0 Å².